The standard InChI is InChI=1S/C22H17N3O4/c1-28-18(26)13-23-21(27)16-12-17(14-8-4-2-5-9-14)24-22-19(16)20(25-29-22)15-10-6-3-7-11-15/h2-12H,13H2,1H3,(H,23,27). The molecule has 0 radical (unpaired) electrons. The van der Waals surface area contributed by atoms with Gasteiger partial charge in [0.2, 0.25) is 0 Å². The van der Waals surface area contributed by atoms with Gasteiger partial charge in [0.15, 0.2) is 0 Å². The van der Waals surface area contributed by atoms with Gasteiger partial charge in [-0.05, 0) is 6.07 Å². The van der Waals surface area contributed by atoms with E-state index in [0.717, 1.165) is 11.1 Å². The Morgan fingerprint density at radius 2 is 1.66 bits per heavy atom. The van der Waals surface area contributed by atoms with E-state index in [2.05, 4.69) is 20.2 Å². The van der Waals surface area contributed by atoms with Crippen molar-refractivity contribution in [3.05, 3.63) is 72.3 Å². The third-order valence-electron chi connectivity index (χ3n) is 4.43. The van der Waals surface area contributed by atoms with Crippen molar-refractivity contribution in [3.63, 3.8) is 0 Å². The number of benzene rings is 2. The molecule has 2 heterocycles. The number of hydrogen-bond acceptors (Lipinski definition) is 6. The zero-order chi connectivity index (χ0) is 20.2. The van der Waals surface area contributed by atoms with Gasteiger partial charge in [0.05, 0.1) is 23.8 Å². The topological polar surface area (TPSA) is 94.3 Å². The summed E-state index contributed by atoms with van der Waals surface area (Å²) in [5.41, 5.74) is 3.26. The van der Waals surface area contributed by atoms with E-state index in [1.54, 1.807) is 6.07 Å². The van der Waals surface area contributed by atoms with E-state index < -0.39 is 11.9 Å². The van der Waals surface area contributed by atoms with Crippen LogP contribution < -0.4 is 5.32 Å². The van der Waals surface area contributed by atoms with Crippen molar-refractivity contribution < 1.29 is 18.8 Å². The zero-order valence-electron chi connectivity index (χ0n) is 15.6. The summed E-state index contributed by atoms with van der Waals surface area (Å²) in [7, 11) is 1.26. The molecule has 2 aromatic heterocycles. The van der Waals surface area contributed by atoms with Crippen LogP contribution in [0.3, 0.4) is 0 Å². The van der Waals surface area contributed by atoms with Crippen LogP contribution in [0.5, 0.6) is 0 Å². The van der Waals surface area contributed by atoms with Crippen LogP contribution in [0.2, 0.25) is 0 Å². The van der Waals surface area contributed by atoms with E-state index in [1.807, 2.05) is 60.7 Å². The van der Waals surface area contributed by atoms with Gasteiger partial charge >= 0.3 is 5.97 Å². The number of pyridine rings is 1. The van der Waals surface area contributed by atoms with Crippen molar-refractivity contribution in [2.45, 2.75) is 0 Å². The molecule has 0 saturated heterocycles. The Labute approximate surface area is 166 Å². The van der Waals surface area contributed by atoms with Gasteiger partial charge in [-0.3, -0.25) is 9.59 Å². The average Bonchev–Trinajstić information content (AvgIpc) is 3.22. The maximum Gasteiger partial charge on any atom is 0.325 e. The molecular formula is C22H17N3O4. The molecule has 7 heteroatoms. The first-order chi connectivity index (χ1) is 14.2. The molecule has 0 fully saturated rings. The fourth-order valence-corrected chi connectivity index (χ4v) is 3.00. The van der Waals surface area contributed by atoms with Crippen LogP contribution in [0, 0.1) is 0 Å². The number of nitrogens with one attached hydrogen (secondary N) is 1. The molecule has 4 rings (SSSR count). The molecule has 7 nitrogen and oxygen atoms in total. The summed E-state index contributed by atoms with van der Waals surface area (Å²) in [6.45, 7) is -0.244. The molecule has 29 heavy (non-hydrogen) atoms. The largest absolute Gasteiger partial charge is 0.468 e. The monoisotopic (exact) mass is 387 g/mol. The van der Waals surface area contributed by atoms with Gasteiger partial charge < -0.3 is 14.6 Å². The second kappa shape index (κ2) is 7.93. The fraction of sp³-hybridized carbons (Fsp3) is 0.0909. The highest BCUT2D eigenvalue weighted by molar-refractivity contribution is 6.10. The number of esters is 1. The van der Waals surface area contributed by atoms with Crippen molar-refractivity contribution in [3.8, 4) is 22.5 Å². The minimum Gasteiger partial charge on any atom is -0.468 e. The molecular weight excluding hydrogens is 370 g/mol. The van der Waals surface area contributed by atoms with Crippen LogP contribution in [0.15, 0.2) is 71.3 Å². The Bertz CT molecular complexity index is 1170. The van der Waals surface area contributed by atoms with E-state index >= 15 is 0 Å². The summed E-state index contributed by atoms with van der Waals surface area (Å²) in [4.78, 5) is 28.9. The summed E-state index contributed by atoms with van der Waals surface area (Å²) < 4.78 is 10.1. The van der Waals surface area contributed by atoms with E-state index in [-0.39, 0.29) is 12.3 Å². The van der Waals surface area contributed by atoms with Crippen LogP contribution in [-0.4, -0.2) is 35.7 Å². The zero-order valence-corrected chi connectivity index (χ0v) is 15.6. The average molecular weight is 387 g/mol. The first kappa shape index (κ1) is 18.4. The summed E-state index contributed by atoms with van der Waals surface area (Å²) in [5.74, 6) is -0.985. The summed E-state index contributed by atoms with van der Waals surface area (Å²) in [6, 6.07) is 20.5. The van der Waals surface area contributed by atoms with Crippen LogP contribution in [0.25, 0.3) is 33.6 Å². The molecule has 0 unspecified atom stereocenters. The van der Waals surface area contributed by atoms with Crippen LogP contribution in [0.1, 0.15) is 10.4 Å². The van der Waals surface area contributed by atoms with Gasteiger partial charge in [0.1, 0.15) is 12.2 Å². The number of nitrogens with zero attached hydrogens (tertiary/aromatic N) is 2. The summed E-state index contributed by atoms with van der Waals surface area (Å²) >= 11 is 0. The second-order valence-electron chi connectivity index (χ2n) is 6.26. The van der Waals surface area contributed by atoms with Crippen molar-refractivity contribution in [1.29, 1.82) is 0 Å². The molecule has 4 aromatic rings. The molecule has 0 spiro atoms. The van der Waals surface area contributed by atoms with Gasteiger partial charge in [-0.15, -0.1) is 0 Å². The highest BCUT2D eigenvalue weighted by Crippen LogP contribution is 2.32. The van der Waals surface area contributed by atoms with Crippen molar-refractivity contribution >= 4 is 23.0 Å². The van der Waals surface area contributed by atoms with Crippen LogP contribution in [-0.2, 0) is 9.53 Å². The summed E-state index contributed by atoms with van der Waals surface area (Å²) in [6.07, 6.45) is 0. The quantitative estimate of drug-likeness (QED) is 0.527. The highest BCUT2D eigenvalue weighted by Gasteiger charge is 2.22. The summed E-state index contributed by atoms with van der Waals surface area (Å²) in [5, 5.41) is 7.21. The molecule has 2 aromatic carbocycles. The highest BCUT2D eigenvalue weighted by atomic mass is 16.5. The molecule has 1 N–H and O–H groups in total. The lowest BCUT2D eigenvalue weighted by Gasteiger charge is -2.08. The Kier molecular flexibility index (Phi) is 5.03. The Hall–Kier alpha value is -4.00. The number of carbonyl (C=O) groups is 2. The molecule has 1 amide bonds. The number of methoxy groups -OCH3 is 1. The molecule has 0 saturated carbocycles. The van der Waals surface area contributed by atoms with E-state index in [0.29, 0.717) is 22.3 Å². The lowest BCUT2D eigenvalue weighted by atomic mass is 10.0. The SMILES string of the molecule is COC(=O)CNC(=O)c1cc(-c2ccccc2)nc2onc(-c3ccccc3)c12. The second-order valence-corrected chi connectivity index (χ2v) is 6.26. The third kappa shape index (κ3) is 3.70. The molecule has 144 valence electrons. The Morgan fingerprint density at radius 1 is 1.00 bits per heavy atom. The number of amides is 1. The lowest BCUT2D eigenvalue weighted by Crippen LogP contribution is -2.30. The molecule has 0 atom stereocenters. The van der Waals surface area contributed by atoms with Crippen molar-refractivity contribution in [1.82, 2.24) is 15.5 Å². The van der Waals surface area contributed by atoms with Crippen molar-refractivity contribution in [2.24, 2.45) is 0 Å². The fourth-order valence-electron chi connectivity index (χ4n) is 3.00. The van der Waals surface area contributed by atoms with Crippen LogP contribution >= 0.6 is 0 Å². The van der Waals surface area contributed by atoms with Gasteiger partial charge in [-0.1, -0.05) is 65.8 Å². The maximum atomic E-state index is 12.9. The van der Waals surface area contributed by atoms with Gasteiger partial charge in [-0.2, -0.15) is 0 Å². The first-order valence-corrected chi connectivity index (χ1v) is 8.93. The molecule has 0 bridgehead atoms. The number of fused-ring (bicyclic) bond motifs is 1. The number of rotatable bonds is 5. The Morgan fingerprint density at radius 3 is 2.31 bits per heavy atom. The normalized spacial score (nSPS) is 10.7. The predicted octanol–water partition coefficient (Wildman–Crippen LogP) is 3.46. The smallest absolute Gasteiger partial charge is 0.325 e. The minimum atomic E-state index is -0.541. The molecule has 0 aliphatic rings. The third-order valence-corrected chi connectivity index (χ3v) is 4.43. The molecule has 0 aliphatic heterocycles. The first-order valence-electron chi connectivity index (χ1n) is 8.93. The number of hydrogen-bond donors (Lipinski definition) is 1. The number of aromatic nitrogens is 2. The van der Waals surface area contributed by atoms with E-state index in [4.69, 9.17) is 4.52 Å². The van der Waals surface area contributed by atoms with E-state index in [1.165, 1.54) is 7.11 Å². The van der Waals surface area contributed by atoms with Gasteiger partial charge in [0.25, 0.3) is 11.6 Å². The number of ether oxygens (including phenoxy) is 1. The Balaban J connectivity index is 1.87. The number of carbonyl (C=O) groups excluding carboxylic acids is 2. The lowest BCUT2D eigenvalue weighted by molar-refractivity contribution is -0.139. The maximum absolute atomic E-state index is 12.9. The predicted molar refractivity (Wildman–Crippen MR) is 107 cm³/mol. The van der Waals surface area contributed by atoms with Gasteiger partial charge in [-0.25, -0.2) is 4.98 Å². The van der Waals surface area contributed by atoms with Crippen molar-refractivity contribution in [2.75, 3.05) is 13.7 Å². The van der Waals surface area contributed by atoms with E-state index in [9.17, 15) is 9.59 Å². The van der Waals surface area contributed by atoms with Gasteiger partial charge in [0, 0.05) is 11.1 Å². The van der Waals surface area contributed by atoms with Crippen LogP contribution in [0.4, 0.5) is 0 Å². The molecule has 0 aliphatic carbocycles. The minimum absolute atomic E-state index is 0.244.